The molecule has 0 aliphatic heterocycles. The van der Waals surface area contributed by atoms with E-state index in [4.69, 9.17) is 11.6 Å². The number of rotatable bonds is 3. The highest BCUT2D eigenvalue weighted by Crippen LogP contribution is 2.36. The Morgan fingerprint density at radius 1 is 1.20 bits per heavy atom. The molecule has 0 aliphatic rings. The number of thiophene rings is 1. The Morgan fingerprint density at radius 3 is 2.64 bits per heavy atom. The Hall–Kier alpha value is -2.09. The number of nitrogens with zero attached hydrogens (tertiary/aromatic N) is 3. The second kappa shape index (κ2) is 7.43. The number of aromatic nitrogens is 2. The summed E-state index contributed by atoms with van der Waals surface area (Å²) in [7, 11) is 0. The van der Waals surface area contributed by atoms with Crippen LogP contribution in [0.4, 0.5) is 5.69 Å². The molecule has 3 aromatic rings. The lowest BCUT2D eigenvalue weighted by Gasteiger charge is -2.20. The summed E-state index contributed by atoms with van der Waals surface area (Å²) in [5.41, 5.74) is 1.31. The molecular formula is C17H11BrClN3O2S. The molecule has 0 unspecified atom stereocenters. The van der Waals surface area contributed by atoms with Gasteiger partial charge in [0.2, 0.25) is 5.91 Å². The van der Waals surface area contributed by atoms with Gasteiger partial charge in [0.1, 0.15) is 5.15 Å². The zero-order chi connectivity index (χ0) is 18.0. The molecule has 3 heterocycles. The van der Waals surface area contributed by atoms with Crippen LogP contribution in [-0.2, 0) is 4.79 Å². The van der Waals surface area contributed by atoms with E-state index >= 15 is 0 Å². The molecule has 0 fully saturated rings. The first-order valence-corrected chi connectivity index (χ1v) is 9.19. The van der Waals surface area contributed by atoms with Gasteiger partial charge < -0.3 is 0 Å². The molecule has 8 heteroatoms. The van der Waals surface area contributed by atoms with Crippen LogP contribution in [0.2, 0.25) is 5.15 Å². The normalized spacial score (nSPS) is 10.5. The topological polar surface area (TPSA) is 63.2 Å². The van der Waals surface area contributed by atoms with Gasteiger partial charge in [-0.25, -0.2) is 9.88 Å². The van der Waals surface area contributed by atoms with E-state index < -0.39 is 11.8 Å². The molecule has 0 saturated heterocycles. The van der Waals surface area contributed by atoms with E-state index in [1.807, 2.05) is 17.5 Å². The van der Waals surface area contributed by atoms with Crippen molar-refractivity contribution < 1.29 is 9.59 Å². The maximum Gasteiger partial charge on any atom is 0.268 e. The third kappa shape index (κ3) is 3.63. The lowest BCUT2D eigenvalue weighted by molar-refractivity contribution is -0.115. The van der Waals surface area contributed by atoms with Gasteiger partial charge in [-0.1, -0.05) is 11.6 Å². The number of pyridine rings is 2. The van der Waals surface area contributed by atoms with Crippen LogP contribution in [0.1, 0.15) is 17.3 Å². The van der Waals surface area contributed by atoms with E-state index in [-0.39, 0.29) is 10.7 Å². The summed E-state index contributed by atoms with van der Waals surface area (Å²) in [5, 5.41) is 1.86. The lowest BCUT2D eigenvalue weighted by atomic mass is 10.2. The highest BCUT2D eigenvalue weighted by Gasteiger charge is 2.27. The Balaban J connectivity index is 2.08. The maximum atomic E-state index is 12.9. The molecule has 0 bridgehead atoms. The smallest absolute Gasteiger partial charge is 0.268 e. The van der Waals surface area contributed by atoms with E-state index in [0.717, 1.165) is 14.2 Å². The van der Waals surface area contributed by atoms with Gasteiger partial charge in [0, 0.05) is 23.8 Å². The predicted molar refractivity (Wildman–Crippen MR) is 102 cm³/mol. The molecule has 3 rings (SSSR count). The molecule has 0 saturated carbocycles. The third-order valence-corrected chi connectivity index (χ3v) is 5.05. The van der Waals surface area contributed by atoms with E-state index in [0.29, 0.717) is 11.4 Å². The zero-order valence-corrected chi connectivity index (χ0v) is 16.1. The van der Waals surface area contributed by atoms with Crippen LogP contribution in [0.15, 0.2) is 52.6 Å². The van der Waals surface area contributed by atoms with E-state index in [1.165, 1.54) is 30.5 Å². The first kappa shape index (κ1) is 17.7. The second-order valence-electron chi connectivity index (χ2n) is 5.00. The summed E-state index contributed by atoms with van der Waals surface area (Å²) in [6, 6.07) is 8.52. The highest BCUT2D eigenvalue weighted by molar-refractivity contribution is 9.10. The van der Waals surface area contributed by atoms with Crippen molar-refractivity contribution in [3.8, 4) is 10.6 Å². The van der Waals surface area contributed by atoms with Crippen LogP contribution in [-0.4, -0.2) is 21.8 Å². The summed E-state index contributed by atoms with van der Waals surface area (Å²) < 4.78 is 0.844. The first-order valence-electron chi connectivity index (χ1n) is 7.14. The van der Waals surface area contributed by atoms with Gasteiger partial charge in [-0.15, -0.1) is 11.3 Å². The minimum atomic E-state index is -0.526. The second-order valence-corrected chi connectivity index (χ2v) is 7.19. The standard InChI is InChI=1S/C17H11BrClN3O2S/c1-10(23)22(17(24)12-3-2-7-20-16(12)19)14-6-8-25-15(14)13-5-4-11(18)9-21-13/h2-9H,1H3. The largest absolute Gasteiger partial charge is 0.274 e. The molecule has 25 heavy (non-hydrogen) atoms. The summed E-state index contributed by atoms with van der Waals surface area (Å²) >= 11 is 10.8. The van der Waals surface area contributed by atoms with Crippen molar-refractivity contribution in [1.29, 1.82) is 0 Å². The number of imide groups is 1. The van der Waals surface area contributed by atoms with Gasteiger partial charge in [0.05, 0.1) is 21.8 Å². The van der Waals surface area contributed by atoms with Crippen molar-refractivity contribution in [2.24, 2.45) is 0 Å². The fourth-order valence-electron chi connectivity index (χ4n) is 2.27. The average Bonchev–Trinajstić information content (AvgIpc) is 3.05. The van der Waals surface area contributed by atoms with Gasteiger partial charge in [-0.3, -0.25) is 14.6 Å². The fourth-order valence-corrected chi connectivity index (χ4v) is 3.56. The van der Waals surface area contributed by atoms with Crippen LogP contribution in [0, 0.1) is 0 Å². The first-order chi connectivity index (χ1) is 12.0. The highest BCUT2D eigenvalue weighted by atomic mass is 79.9. The van der Waals surface area contributed by atoms with Crippen LogP contribution in [0.3, 0.4) is 0 Å². The summed E-state index contributed by atoms with van der Waals surface area (Å²) in [6.07, 6.45) is 3.15. The van der Waals surface area contributed by atoms with Gasteiger partial charge in [-0.05, 0) is 51.6 Å². The van der Waals surface area contributed by atoms with Crippen molar-refractivity contribution in [1.82, 2.24) is 9.97 Å². The minimum Gasteiger partial charge on any atom is -0.274 e. The van der Waals surface area contributed by atoms with Crippen molar-refractivity contribution in [2.75, 3.05) is 4.90 Å². The van der Waals surface area contributed by atoms with E-state index in [9.17, 15) is 9.59 Å². The Morgan fingerprint density at radius 2 is 2.00 bits per heavy atom. The molecule has 0 radical (unpaired) electrons. The number of hydrogen-bond acceptors (Lipinski definition) is 5. The van der Waals surface area contributed by atoms with Gasteiger partial charge >= 0.3 is 0 Å². The van der Waals surface area contributed by atoms with Crippen molar-refractivity contribution >= 4 is 56.4 Å². The Labute approximate surface area is 161 Å². The SMILES string of the molecule is CC(=O)N(C(=O)c1cccnc1Cl)c1ccsc1-c1ccc(Br)cn1. The maximum absolute atomic E-state index is 12.9. The van der Waals surface area contributed by atoms with Crippen LogP contribution in [0.5, 0.6) is 0 Å². The monoisotopic (exact) mass is 435 g/mol. The molecule has 0 aromatic carbocycles. The summed E-state index contributed by atoms with van der Waals surface area (Å²) in [4.78, 5) is 35.2. The fraction of sp³-hybridized carbons (Fsp3) is 0.0588. The number of halogens is 2. The zero-order valence-electron chi connectivity index (χ0n) is 12.9. The molecule has 0 N–H and O–H groups in total. The molecule has 0 aliphatic carbocycles. The number of anilines is 1. The van der Waals surface area contributed by atoms with Crippen molar-refractivity contribution in [2.45, 2.75) is 6.92 Å². The lowest BCUT2D eigenvalue weighted by Crippen LogP contribution is -2.35. The van der Waals surface area contributed by atoms with Crippen molar-refractivity contribution in [3.05, 3.63) is 63.3 Å². The van der Waals surface area contributed by atoms with Gasteiger partial charge in [0.25, 0.3) is 5.91 Å². The molecule has 5 nitrogen and oxygen atoms in total. The Bertz CT molecular complexity index is 943. The van der Waals surface area contributed by atoms with E-state index in [2.05, 4.69) is 25.9 Å². The number of hydrogen-bond donors (Lipinski definition) is 0. The number of carbonyl (C=O) groups is 2. The van der Waals surface area contributed by atoms with Gasteiger partial charge in [0.15, 0.2) is 0 Å². The molecule has 0 spiro atoms. The van der Waals surface area contributed by atoms with Crippen LogP contribution < -0.4 is 4.90 Å². The minimum absolute atomic E-state index is 0.0531. The summed E-state index contributed by atoms with van der Waals surface area (Å²) in [5.74, 6) is -0.941. The molecular weight excluding hydrogens is 426 g/mol. The quantitative estimate of drug-likeness (QED) is 0.553. The number of amides is 2. The van der Waals surface area contributed by atoms with E-state index in [1.54, 1.807) is 18.3 Å². The van der Waals surface area contributed by atoms with Crippen LogP contribution >= 0.6 is 38.9 Å². The van der Waals surface area contributed by atoms with Gasteiger partial charge in [-0.2, -0.15) is 0 Å². The Kier molecular flexibility index (Phi) is 5.27. The molecule has 126 valence electrons. The molecule has 0 atom stereocenters. The predicted octanol–water partition coefficient (Wildman–Crippen LogP) is 4.81. The third-order valence-electron chi connectivity index (χ3n) is 3.35. The number of carbonyl (C=O) groups excluding carboxylic acids is 2. The van der Waals surface area contributed by atoms with Crippen LogP contribution in [0.25, 0.3) is 10.6 Å². The molecule has 3 aromatic heterocycles. The molecule has 2 amide bonds. The van der Waals surface area contributed by atoms with Crippen molar-refractivity contribution in [3.63, 3.8) is 0 Å². The summed E-state index contributed by atoms with van der Waals surface area (Å²) in [6.45, 7) is 1.33. The average molecular weight is 437 g/mol.